The maximum atomic E-state index is 11.3. The molecule has 0 spiro atoms. The number of hydrogen-bond acceptors (Lipinski definition) is 2. The number of allylic oxidation sites excluding steroid dienone is 2. The van der Waals surface area contributed by atoms with Gasteiger partial charge in [-0.25, -0.2) is 0 Å². The molecule has 3 heteroatoms. The fourth-order valence-electron chi connectivity index (χ4n) is 2.04. The molecule has 2 rings (SSSR count). The lowest BCUT2D eigenvalue weighted by Gasteiger charge is -2.25. The van der Waals surface area contributed by atoms with Gasteiger partial charge in [0.05, 0.1) is 0 Å². The number of carboxylic acid groups (broad SMARTS) is 1. The van der Waals surface area contributed by atoms with Gasteiger partial charge in [-0.1, -0.05) is 30.4 Å². The zero-order valence-corrected chi connectivity index (χ0v) is 8.18. The monoisotopic (exact) mass is 204 g/mol. The standard InChI is InChI=1S/C12H12O3/c13-10-6-2-1-5-9(10)12(11(14)15)7-3-4-8-12/h1-6,13H,7-8H2,(H,14,15). The highest BCUT2D eigenvalue weighted by atomic mass is 16.4. The first-order valence-electron chi connectivity index (χ1n) is 4.84. The molecule has 0 saturated carbocycles. The van der Waals surface area contributed by atoms with Gasteiger partial charge in [-0.2, -0.15) is 0 Å². The van der Waals surface area contributed by atoms with Gasteiger partial charge in [0.1, 0.15) is 11.2 Å². The van der Waals surface area contributed by atoms with Crippen LogP contribution in [0.25, 0.3) is 0 Å². The number of hydrogen-bond donors (Lipinski definition) is 2. The van der Waals surface area contributed by atoms with E-state index in [0.29, 0.717) is 18.4 Å². The van der Waals surface area contributed by atoms with E-state index in [9.17, 15) is 15.0 Å². The second-order valence-electron chi connectivity index (χ2n) is 3.78. The van der Waals surface area contributed by atoms with Crippen molar-refractivity contribution in [3.05, 3.63) is 42.0 Å². The summed E-state index contributed by atoms with van der Waals surface area (Å²) >= 11 is 0. The third-order valence-electron chi connectivity index (χ3n) is 2.93. The van der Waals surface area contributed by atoms with E-state index in [1.807, 2.05) is 12.2 Å². The highest BCUT2D eigenvalue weighted by Gasteiger charge is 2.42. The number of carboxylic acids is 1. The van der Waals surface area contributed by atoms with Crippen molar-refractivity contribution < 1.29 is 15.0 Å². The lowest BCUT2D eigenvalue weighted by Crippen LogP contribution is -2.32. The first kappa shape index (κ1) is 9.77. The Hall–Kier alpha value is -1.77. The lowest BCUT2D eigenvalue weighted by atomic mass is 9.78. The Morgan fingerprint density at radius 2 is 1.80 bits per heavy atom. The number of benzene rings is 1. The van der Waals surface area contributed by atoms with Crippen molar-refractivity contribution in [1.29, 1.82) is 0 Å². The van der Waals surface area contributed by atoms with E-state index in [1.54, 1.807) is 18.2 Å². The van der Waals surface area contributed by atoms with Crippen molar-refractivity contribution in [2.75, 3.05) is 0 Å². The highest BCUT2D eigenvalue weighted by molar-refractivity contribution is 5.83. The van der Waals surface area contributed by atoms with Crippen LogP contribution in [-0.2, 0) is 10.2 Å². The third kappa shape index (κ3) is 1.40. The summed E-state index contributed by atoms with van der Waals surface area (Å²) in [5.74, 6) is -0.822. The molecule has 0 aromatic heterocycles. The minimum atomic E-state index is -0.967. The predicted octanol–water partition coefficient (Wildman–Crippen LogP) is 2.06. The van der Waals surface area contributed by atoms with Crippen LogP contribution in [0.2, 0.25) is 0 Å². The minimum Gasteiger partial charge on any atom is -0.508 e. The molecule has 3 nitrogen and oxygen atoms in total. The van der Waals surface area contributed by atoms with Crippen LogP contribution in [0.3, 0.4) is 0 Å². The van der Waals surface area contributed by atoms with Gasteiger partial charge < -0.3 is 10.2 Å². The molecule has 78 valence electrons. The molecule has 0 atom stereocenters. The molecule has 15 heavy (non-hydrogen) atoms. The van der Waals surface area contributed by atoms with Crippen molar-refractivity contribution in [2.24, 2.45) is 0 Å². The van der Waals surface area contributed by atoms with Crippen molar-refractivity contribution in [3.8, 4) is 5.75 Å². The molecule has 0 heterocycles. The van der Waals surface area contributed by atoms with E-state index in [2.05, 4.69) is 0 Å². The van der Waals surface area contributed by atoms with Crippen LogP contribution in [0.5, 0.6) is 5.75 Å². The molecule has 0 fully saturated rings. The van der Waals surface area contributed by atoms with Gasteiger partial charge in [-0.15, -0.1) is 0 Å². The molecule has 0 aliphatic heterocycles. The molecule has 1 aliphatic carbocycles. The summed E-state index contributed by atoms with van der Waals surface area (Å²) in [6.07, 6.45) is 4.58. The highest BCUT2D eigenvalue weighted by Crippen LogP contribution is 2.41. The summed E-state index contributed by atoms with van der Waals surface area (Å²) in [6, 6.07) is 6.64. The quantitative estimate of drug-likeness (QED) is 0.725. The molecule has 1 aliphatic rings. The van der Waals surface area contributed by atoms with Crippen molar-refractivity contribution in [3.63, 3.8) is 0 Å². The molecule has 0 amide bonds. The first-order valence-corrected chi connectivity index (χ1v) is 4.84. The van der Waals surface area contributed by atoms with E-state index in [-0.39, 0.29) is 5.75 Å². The second kappa shape index (κ2) is 3.42. The second-order valence-corrected chi connectivity index (χ2v) is 3.78. The smallest absolute Gasteiger partial charge is 0.314 e. The number of aliphatic carboxylic acids is 1. The normalized spacial score (nSPS) is 17.9. The summed E-state index contributed by atoms with van der Waals surface area (Å²) in [7, 11) is 0. The van der Waals surface area contributed by atoms with Gasteiger partial charge in [-0.3, -0.25) is 4.79 Å². The maximum absolute atomic E-state index is 11.3. The summed E-state index contributed by atoms with van der Waals surface area (Å²) < 4.78 is 0. The Balaban J connectivity index is 2.51. The number of para-hydroxylation sites is 1. The van der Waals surface area contributed by atoms with Crippen LogP contribution >= 0.6 is 0 Å². The summed E-state index contributed by atoms with van der Waals surface area (Å²) in [5, 5.41) is 19.0. The summed E-state index contributed by atoms with van der Waals surface area (Å²) in [5.41, 5.74) is -0.465. The van der Waals surface area contributed by atoms with Crippen molar-refractivity contribution in [2.45, 2.75) is 18.3 Å². The molecule has 0 radical (unpaired) electrons. The largest absolute Gasteiger partial charge is 0.508 e. The Morgan fingerprint density at radius 3 is 2.33 bits per heavy atom. The van der Waals surface area contributed by atoms with Crippen LogP contribution in [0, 0.1) is 0 Å². The van der Waals surface area contributed by atoms with Gasteiger partial charge >= 0.3 is 5.97 Å². The van der Waals surface area contributed by atoms with Crippen molar-refractivity contribution in [1.82, 2.24) is 0 Å². The summed E-state index contributed by atoms with van der Waals surface area (Å²) in [4.78, 5) is 11.3. The number of phenols is 1. The maximum Gasteiger partial charge on any atom is 0.314 e. The Labute approximate surface area is 87.7 Å². The number of carbonyl (C=O) groups is 1. The predicted molar refractivity (Wildman–Crippen MR) is 55.8 cm³/mol. The van der Waals surface area contributed by atoms with Crippen molar-refractivity contribution >= 4 is 5.97 Å². The molecule has 0 bridgehead atoms. The van der Waals surface area contributed by atoms with Gasteiger partial charge in [0.15, 0.2) is 0 Å². The van der Waals surface area contributed by atoms with E-state index < -0.39 is 11.4 Å². The molecular weight excluding hydrogens is 192 g/mol. The number of aromatic hydroxyl groups is 1. The molecule has 0 unspecified atom stereocenters. The SMILES string of the molecule is O=C(O)C1(c2ccccc2O)CC=CC1. The third-order valence-corrected chi connectivity index (χ3v) is 2.93. The average molecular weight is 204 g/mol. The van der Waals surface area contributed by atoms with Gasteiger partial charge in [0.2, 0.25) is 0 Å². The zero-order valence-electron chi connectivity index (χ0n) is 8.18. The fourth-order valence-corrected chi connectivity index (χ4v) is 2.04. The molecule has 1 aromatic rings. The van der Waals surface area contributed by atoms with Gasteiger partial charge in [-0.05, 0) is 18.9 Å². The Morgan fingerprint density at radius 1 is 1.20 bits per heavy atom. The molecule has 2 N–H and O–H groups in total. The molecular formula is C12H12O3. The zero-order chi connectivity index (χ0) is 10.9. The van der Waals surface area contributed by atoms with Gasteiger partial charge in [0, 0.05) is 5.56 Å². The fraction of sp³-hybridized carbons (Fsp3) is 0.250. The number of rotatable bonds is 2. The summed E-state index contributed by atoms with van der Waals surface area (Å²) in [6.45, 7) is 0. The Bertz CT molecular complexity index is 413. The molecule has 1 aromatic carbocycles. The molecule has 0 saturated heterocycles. The average Bonchev–Trinajstić information content (AvgIpc) is 2.68. The van der Waals surface area contributed by atoms with E-state index >= 15 is 0 Å². The minimum absolute atomic E-state index is 0.0589. The Kier molecular flexibility index (Phi) is 2.23. The van der Waals surface area contributed by atoms with E-state index in [0.717, 1.165) is 0 Å². The topological polar surface area (TPSA) is 57.5 Å². The number of phenolic OH excluding ortho intramolecular Hbond substituents is 1. The van der Waals surface area contributed by atoms with Gasteiger partial charge in [0.25, 0.3) is 0 Å². The van der Waals surface area contributed by atoms with Crippen LogP contribution in [0.15, 0.2) is 36.4 Å². The van der Waals surface area contributed by atoms with Crippen LogP contribution in [0.4, 0.5) is 0 Å². The van der Waals surface area contributed by atoms with Crippen LogP contribution < -0.4 is 0 Å². The van der Waals surface area contributed by atoms with Crippen LogP contribution in [-0.4, -0.2) is 16.2 Å². The van der Waals surface area contributed by atoms with E-state index in [1.165, 1.54) is 6.07 Å². The first-order chi connectivity index (χ1) is 7.17. The van der Waals surface area contributed by atoms with Crippen LogP contribution in [0.1, 0.15) is 18.4 Å². The lowest BCUT2D eigenvalue weighted by molar-refractivity contribution is -0.143. The van der Waals surface area contributed by atoms with E-state index in [4.69, 9.17) is 0 Å².